The molecule has 2 atom stereocenters. The van der Waals surface area contributed by atoms with Crippen LogP contribution in [0.25, 0.3) is 0 Å². The maximum Gasteiger partial charge on any atom is 0.224 e. The number of amides is 1. The van der Waals surface area contributed by atoms with E-state index in [0.29, 0.717) is 18.9 Å². The summed E-state index contributed by atoms with van der Waals surface area (Å²) < 4.78 is 13.4. The van der Waals surface area contributed by atoms with E-state index in [2.05, 4.69) is 12.2 Å². The Balaban J connectivity index is 2.18. The second-order valence-electron chi connectivity index (χ2n) is 5.21. The lowest BCUT2D eigenvalue weighted by molar-refractivity contribution is -0.132. The van der Waals surface area contributed by atoms with Crippen LogP contribution in [-0.4, -0.2) is 30.9 Å². The molecule has 4 heteroatoms. The number of benzene rings is 1. The van der Waals surface area contributed by atoms with E-state index >= 15 is 0 Å². The average Bonchev–Trinajstić information content (AvgIpc) is 2.78. The second kappa shape index (κ2) is 6.15. The third-order valence-corrected chi connectivity index (χ3v) is 3.80. The summed E-state index contributed by atoms with van der Waals surface area (Å²) in [6, 6.07) is 6.63. The molecule has 104 valence electrons. The van der Waals surface area contributed by atoms with Crippen molar-refractivity contribution in [2.24, 2.45) is 5.92 Å². The molecule has 1 aromatic rings. The van der Waals surface area contributed by atoms with E-state index in [-0.39, 0.29) is 17.8 Å². The quantitative estimate of drug-likeness (QED) is 0.905. The lowest BCUT2D eigenvalue weighted by atomic mass is 9.95. The van der Waals surface area contributed by atoms with Gasteiger partial charge in [0.05, 0.1) is 6.04 Å². The molecule has 2 unspecified atom stereocenters. The van der Waals surface area contributed by atoms with Crippen LogP contribution in [0, 0.1) is 11.7 Å². The molecule has 1 amide bonds. The molecule has 1 aromatic carbocycles. The largest absolute Gasteiger partial charge is 0.335 e. The molecule has 0 spiro atoms. The Morgan fingerprint density at radius 1 is 1.53 bits per heavy atom. The molecule has 1 aliphatic rings. The normalized spacial score (nSPS) is 22.8. The molecule has 1 aliphatic heterocycles. The Hall–Kier alpha value is -1.42. The third-order valence-electron chi connectivity index (χ3n) is 3.80. The molecule has 0 radical (unpaired) electrons. The van der Waals surface area contributed by atoms with Gasteiger partial charge in [0.25, 0.3) is 0 Å². The molecule has 0 saturated carbocycles. The van der Waals surface area contributed by atoms with Gasteiger partial charge in [-0.15, -0.1) is 0 Å². The van der Waals surface area contributed by atoms with Gasteiger partial charge in [-0.05, 0) is 37.1 Å². The zero-order valence-corrected chi connectivity index (χ0v) is 11.5. The van der Waals surface area contributed by atoms with E-state index in [0.717, 1.165) is 18.5 Å². The van der Waals surface area contributed by atoms with E-state index in [1.807, 2.05) is 18.0 Å². The third kappa shape index (κ3) is 3.13. The Kier molecular flexibility index (Phi) is 4.53. The van der Waals surface area contributed by atoms with Gasteiger partial charge < -0.3 is 10.2 Å². The summed E-state index contributed by atoms with van der Waals surface area (Å²) in [5.74, 6) is 0.285. The lowest BCUT2D eigenvalue weighted by Gasteiger charge is -2.27. The Morgan fingerprint density at radius 3 is 3.00 bits per heavy atom. The fourth-order valence-corrected chi connectivity index (χ4v) is 2.80. The standard InChI is InChI=1S/C15H21FN2O/c1-11-7-9-18(14(19)6-8-17-2)15(11)12-4-3-5-13(16)10-12/h3-5,10-11,15,17H,6-9H2,1-2H3. The van der Waals surface area contributed by atoms with E-state index in [4.69, 9.17) is 0 Å². The van der Waals surface area contributed by atoms with Gasteiger partial charge in [0.1, 0.15) is 5.82 Å². The highest BCUT2D eigenvalue weighted by Gasteiger charge is 2.35. The predicted molar refractivity (Wildman–Crippen MR) is 73.2 cm³/mol. The molecule has 2 rings (SSSR count). The van der Waals surface area contributed by atoms with Crippen LogP contribution in [0.4, 0.5) is 4.39 Å². The highest BCUT2D eigenvalue weighted by atomic mass is 19.1. The molecule has 1 fully saturated rings. The number of hydrogen-bond donors (Lipinski definition) is 1. The van der Waals surface area contributed by atoms with Crippen LogP contribution < -0.4 is 5.32 Å². The molecule has 19 heavy (non-hydrogen) atoms. The van der Waals surface area contributed by atoms with Gasteiger partial charge in [-0.25, -0.2) is 4.39 Å². The molecule has 0 aromatic heterocycles. The molecular formula is C15H21FN2O. The molecule has 1 saturated heterocycles. The van der Waals surface area contributed by atoms with Crippen molar-refractivity contribution in [3.05, 3.63) is 35.6 Å². The Labute approximate surface area is 113 Å². The number of nitrogens with zero attached hydrogens (tertiary/aromatic N) is 1. The highest BCUT2D eigenvalue weighted by Crippen LogP contribution is 2.37. The topological polar surface area (TPSA) is 32.3 Å². The van der Waals surface area contributed by atoms with E-state index in [1.54, 1.807) is 12.1 Å². The first-order valence-corrected chi connectivity index (χ1v) is 6.83. The van der Waals surface area contributed by atoms with Gasteiger partial charge in [-0.2, -0.15) is 0 Å². The summed E-state index contributed by atoms with van der Waals surface area (Å²) in [6.07, 6.45) is 1.47. The van der Waals surface area contributed by atoms with Crippen LogP contribution >= 0.6 is 0 Å². The fraction of sp³-hybridized carbons (Fsp3) is 0.533. The van der Waals surface area contributed by atoms with Crippen molar-refractivity contribution < 1.29 is 9.18 Å². The SMILES string of the molecule is CNCCC(=O)N1CCC(C)C1c1cccc(F)c1. The van der Waals surface area contributed by atoms with Crippen molar-refractivity contribution in [3.63, 3.8) is 0 Å². The molecule has 0 aliphatic carbocycles. The van der Waals surface area contributed by atoms with Gasteiger partial charge in [0, 0.05) is 19.5 Å². The summed E-state index contributed by atoms with van der Waals surface area (Å²) in [7, 11) is 1.84. The van der Waals surface area contributed by atoms with Gasteiger partial charge in [-0.1, -0.05) is 19.1 Å². The van der Waals surface area contributed by atoms with Crippen LogP contribution in [0.1, 0.15) is 31.4 Å². The van der Waals surface area contributed by atoms with Crippen LogP contribution in [-0.2, 0) is 4.79 Å². The minimum absolute atomic E-state index is 0.0139. The summed E-state index contributed by atoms with van der Waals surface area (Å²) in [5.41, 5.74) is 0.905. The first-order valence-electron chi connectivity index (χ1n) is 6.83. The van der Waals surface area contributed by atoms with Crippen molar-refractivity contribution >= 4 is 5.91 Å². The maximum absolute atomic E-state index is 13.4. The summed E-state index contributed by atoms with van der Waals surface area (Å²) >= 11 is 0. The fourth-order valence-electron chi connectivity index (χ4n) is 2.80. The molecule has 3 nitrogen and oxygen atoms in total. The predicted octanol–water partition coefficient (Wildman–Crippen LogP) is 2.34. The minimum Gasteiger partial charge on any atom is -0.335 e. The van der Waals surface area contributed by atoms with E-state index in [9.17, 15) is 9.18 Å². The number of nitrogens with one attached hydrogen (secondary N) is 1. The van der Waals surface area contributed by atoms with Crippen molar-refractivity contribution in [1.29, 1.82) is 0 Å². The Morgan fingerprint density at radius 2 is 2.32 bits per heavy atom. The summed E-state index contributed by atoms with van der Waals surface area (Å²) in [5, 5.41) is 2.99. The van der Waals surface area contributed by atoms with Crippen molar-refractivity contribution in [2.75, 3.05) is 20.1 Å². The molecular weight excluding hydrogens is 243 g/mol. The first-order chi connectivity index (χ1) is 9.13. The van der Waals surface area contributed by atoms with E-state index < -0.39 is 0 Å². The van der Waals surface area contributed by atoms with Crippen LogP contribution in [0.2, 0.25) is 0 Å². The summed E-state index contributed by atoms with van der Waals surface area (Å²) in [6.45, 7) is 3.57. The van der Waals surface area contributed by atoms with Gasteiger partial charge in [0.2, 0.25) is 5.91 Å². The lowest BCUT2D eigenvalue weighted by Crippen LogP contribution is -2.33. The monoisotopic (exact) mass is 264 g/mol. The molecule has 1 N–H and O–H groups in total. The highest BCUT2D eigenvalue weighted by molar-refractivity contribution is 5.77. The number of halogens is 1. The van der Waals surface area contributed by atoms with Crippen molar-refractivity contribution in [3.8, 4) is 0 Å². The van der Waals surface area contributed by atoms with Gasteiger partial charge in [-0.3, -0.25) is 4.79 Å². The first kappa shape index (κ1) is 14.0. The number of carbonyl (C=O) groups is 1. The van der Waals surface area contributed by atoms with E-state index in [1.165, 1.54) is 6.07 Å². The average molecular weight is 264 g/mol. The number of hydrogen-bond acceptors (Lipinski definition) is 2. The Bertz CT molecular complexity index is 450. The summed E-state index contributed by atoms with van der Waals surface area (Å²) in [4.78, 5) is 14.1. The zero-order chi connectivity index (χ0) is 13.8. The molecule has 1 heterocycles. The maximum atomic E-state index is 13.4. The van der Waals surface area contributed by atoms with Crippen LogP contribution in [0.15, 0.2) is 24.3 Å². The number of likely N-dealkylation sites (tertiary alicyclic amines) is 1. The number of rotatable bonds is 4. The van der Waals surface area contributed by atoms with Crippen molar-refractivity contribution in [1.82, 2.24) is 10.2 Å². The minimum atomic E-state index is -0.237. The zero-order valence-electron chi connectivity index (χ0n) is 11.5. The molecule has 0 bridgehead atoms. The smallest absolute Gasteiger partial charge is 0.224 e. The van der Waals surface area contributed by atoms with Crippen molar-refractivity contribution in [2.45, 2.75) is 25.8 Å². The number of carbonyl (C=O) groups excluding carboxylic acids is 1. The van der Waals surface area contributed by atoms with Gasteiger partial charge in [0.15, 0.2) is 0 Å². The van der Waals surface area contributed by atoms with Crippen LogP contribution in [0.5, 0.6) is 0 Å². The van der Waals surface area contributed by atoms with Gasteiger partial charge >= 0.3 is 0 Å². The van der Waals surface area contributed by atoms with Crippen LogP contribution in [0.3, 0.4) is 0 Å². The second-order valence-corrected chi connectivity index (χ2v) is 5.21.